The molecule has 0 aromatic heterocycles. The van der Waals surface area contributed by atoms with Crippen LogP contribution in [0.2, 0.25) is 0 Å². The van der Waals surface area contributed by atoms with E-state index >= 15 is 0 Å². The van der Waals surface area contributed by atoms with Gasteiger partial charge in [-0.15, -0.1) is 0 Å². The van der Waals surface area contributed by atoms with Crippen LogP contribution in [0, 0.1) is 0 Å². The first-order chi connectivity index (χ1) is 10.0. The van der Waals surface area contributed by atoms with Crippen molar-refractivity contribution < 1.29 is 25.6 Å². The van der Waals surface area contributed by atoms with E-state index in [1.54, 1.807) is 6.92 Å². The molecule has 1 aromatic carbocycles. The van der Waals surface area contributed by atoms with E-state index in [2.05, 4.69) is 9.50 Å². The molecule has 0 radical (unpaired) electrons. The topological polar surface area (TPSA) is 162 Å². The molecule has 9 nitrogen and oxygen atoms in total. The van der Waals surface area contributed by atoms with Crippen molar-refractivity contribution in [2.24, 2.45) is 5.73 Å². The minimum atomic E-state index is -4.69. The summed E-state index contributed by atoms with van der Waals surface area (Å²) in [7, 11) is -8.56. The largest absolute Gasteiger partial charge is 0.399 e. The zero-order valence-corrected chi connectivity index (χ0v) is 13.5. The van der Waals surface area contributed by atoms with Crippen molar-refractivity contribution in [1.29, 1.82) is 0 Å². The van der Waals surface area contributed by atoms with Crippen molar-refractivity contribution in [2.45, 2.75) is 17.9 Å². The first-order valence-electron chi connectivity index (χ1n) is 6.25. The molecule has 0 spiro atoms. The van der Waals surface area contributed by atoms with Crippen LogP contribution in [-0.4, -0.2) is 46.3 Å². The van der Waals surface area contributed by atoms with Crippen molar-refractivity contribution in [2.75, 3.05) is 30.0 Å². The van der Waals surface area contributed by atoms with Crippen molar-refractivity contribution in [3.8, 4) is 0 Å². The molecule has 6 N–H and O–H groups in total. The number of anilines is 2. The maximum atomic E-state index is 12.3. The molecule has 0 bridgehead atoms. The molecule has 22 heavy (non-hydrogen) atoms. The van der Waals surface area contributed by atoms with Gasteiger partial charge in [0, 0.05) is 18.3 Å². The van der Waals surface area contributed by atoms with Gasteiger partial charge in [-0.2, -0.15) is 8.42 Å². The summed E-state index contributed by atoms with van der Waals surface area (Å²) < 4.78 is 57.9. The highest BCUT2D eigenvalue weighted by Gasteiger charge is 2.20. The second-order valence-electron chi connectivity index (χ2n) is 4.68. The van der Waals surface area contributed by atoms with Gasteiger partial charge in [0.2, 0.25) is 0 Å². The highest BCUT2D eigenvalue weighted by atomic mass is 32.3. The fourth-order valence-electron chi connectivity index (χ4n) is 1.57. The molecular formula is C11H19N3O6S2. The van der Waals surface area contributed by atoms with E-state index in [9.17, 15) is 16.8 Å². The molecule has 0 aliphatic heterocycles. The lowest BCUT2D eigenvalue weighted by Crippen LogP contribution is -2.26. The van der Waals surface area contributed by atoms with E-state index in [4.69, 9.17) is 16.0 Å². The highest BCUT2D eigenvalue weighted by molar-refractivity contribution is 7.91. The first kappa shape index (κ1) is 18.6. The minimum Gasteiger partial charge on any atom is -0.399 e. The number of nitrogen functional groups attached to an aromatic ring is 1. The van der Waals surface area contributed by atoms with Gasteiger partial charge in [-0.3, -0.25) is 4.55 Å². The van der Waals surface area contributed by atoms with E-state index < -0.39 is 32.6 Å². The first-order valence-corrected chi connectivity index (χ1v) is 9.26. The van der Waals surface area contributed by atoms with Gasteiger partial charge in [-0.05, 0) is 25.1 Å². The summed E-state index contributed by atoms with van der Waals surface area (Å²) >= 11 is 0. The van der Waals surface area contributed by atoms with E-state index in [1.807, 2.05) is 0 Å². The molecule has 1 rings (SSSR count). The van der Waals surface area contributed by atoms with Gasteiger partial charge in [0.15, 0.2) is 9.84 Å². The SMILES string of the molecule is CC(N)CNc1ccc(N)cc1S(=O)(=O)CCOS(=O)(=O)O. The van der Waals surface area contributed by atoms with Crippen LogP contribution in [0.4, 0.5) is 11.4 Å². The molecule has 0 amide bonds. The Bertz CT molecular complexity index is 715. The third-order valence-corrected chi connectivity index (χ3v) is 4.72. The number of nitrogens with two attached hydrogens (primary N) is 2. The lowest BCUT2D eigenvalue weighted by Gasteiger charge is -2.14. The Balaban J connectivity index is 2.98. The van der Waals surface area contributed by atoms with Crippen LogP contribution >= 0.6 is 0 Å². The number of hydrogen-bond donors (Lipinski definition) is 4. The lowest BCUT2D eigenvalue weighted by atomic mass is 10.2. The lowest BCUT2D eigenvalue weighted by molar-refractivity contribution is 0.284. The molecule has 0 fully saturated rings. The van der Waals surface area contributed by atoms with Crippen molar-refractivity contribution in [3.63, 3.8) is 0 Å². The van der Waals surface area contributed by atoms with Crippen molar-refractivity contribution in [1.82, 2.24) is 0 Å². The second kappa shape index (κ2) is 7.24. The average Bonchev–Trinajstić information content (AvgIpc) is 2.35. The summed E-state index contributed by atoms with van der Waals surface area (Å²) in [5, 5.41) is 2.88. The number of nitrogens with one attached hydrogen (secondary N) is 1. The standard InChI is InChI=1S/C11H19N3O6S2/c1-8(12)7-14-10-3-2-9(13)6-11(10)21(15,16)5-4-20-22(17,18)19/h2-3,6,8,14H,4-5,7,12-13H2,1H3,(H,17,18,19). The Morgan fingerprint density at radius 3 is 2.50 bits per heavy atom. The minimum absolute atomic E-state index is 0.0907. The molecule has 0 aliphatic carbocycles. The maximum absolute atomic E-state index is 12.3. The number of benzene rings is 1. The van der Waals surface area contributed by atoms with Gasteiger partial charge in [-0.1, -0.05) is 0 Å². The Labute approximate surface area is 129 Å². The predicted octanol–water partition coefficient (Wildman–Crippen LogP) is -0.379. The van der Waals surface area contributed by atoms with Gasteiger partial charge in [0.05, 0.1) is 22.9 Å². The molecular weight excluding hydrogens is 334 g/mol. The van der Waals surface area contributed by atoms with Gasteiger partial charge < -0.3 is 16.8 Å². The fraction of sp³-hybridized carbons (Fsp3) is 0.455. The second-order valence-corrected chi connectivity index (χ2v) is 7.85. The van der Waals surface area contributed by atoms with Crippen LogP contribution in [0.3, 0.4) is 0 Å². The zero-order valence-electron chi connectivity index (χ0n) is 11.9. The predicted molar refractivity (Wildman–Crippen MR) is 82.5 cm³/mol. The van der Waals surface area contributed by atoms with Gasteiger partial charge in [0.1, 0.15) is 0 Å². The van der Waals surface area contributed by atoms with Crippen LogP contribution in [0.25, 0.3) is 0 Å². The molecule has 0 heterocycles. The molecule has 1 aromatic rings. The van der Waals surface area contributed by atoms with Crippen LogP contribution < -0.4 is 16.8 Å². The summed E-state index contributed by atoms with van der Waals surface area (Å²) in [4.78, 5) is -0.0907. The molecule has 0 saturated carbocycles. The summed E-state index contributed by atoms with van der Waals surface area (Å²) in [6.45, 7) is 1.38. The van der Waals surface area contributed by atoms with Crippen molar-refractivity contribution >= 4 is 31.6 Å². The van der Waals surface area contributed by atoms with E-state index in [-0.39, 0.29) is 16.6 Å². The average molecular weight is 353 g/mol. The van der Waals surface area contributed by atoms with Gasteiger partial charge in [-0.25, -0.2) is 12.6 Å². The maximum Gasteiger partial charge on any atom is 0.397 e. The Hall–Kier alpha value is -1.40. The summed E-state index contributed by atoms with van der Waals surface area (Å²) in [6.07, 6.45) is 0. The van der Waals surface area contributed by atoms with Crippen LogP contribution in [-0.2, 0) is 24.4 Å². The molecule has 1 unspecified atom stereocenters. The molecule has 0 saturated heterocycles. The summed E-state index contributed by atoms with van der Waals surface area (Å²) in [5.41, 5.74) is 11.7. The van der Waals surface area contributed by atoms with Gasteiger partial charge in [0.25, 0.3) is 0 Å². The van der Waals surface area contributed by atoms with E-state index in [0.717, 1.165) is 0 Å². The monoisotopic (exact) mass is 353 g/mol. The number of sulfone groups is 1. The molecule has 0 aliphatic rings. The number of rotatable bonds is 8. The Kier molecular flexibility index (Phi) is 6.14. The van der Waals surface area contributed by atoms with Crippen molar-refractivity contribution in [3.05, 3.63) is 18.2 Å². The smallest absolute Gasteiger partial charge is 0.397 e. The Morgan fingerprint density at radius 1 is 1.32 bits per heavy atom. The van der Waals surface area contributed by atoms with E-state index in [0.29, 0.717) is 12.2 Å². The normalized spacial score (nSPS) is 13.8. The van der Waals surface area contributed by atoms with Crippen LogP contribution in [0.1, 0.15) is 6.92 Å². The van der Waals surface area contributed by atoms with Crippen LogP contribution in [0.5, 0.6) is 0 Å². The quantitative estimate of drug-likeness (QED) is 0.360. The highest BCUT2D eigenvalue weighted by Crippen LogP contribution is 2.25. The third-order valence-electron chi connectivity index (χ3n) is 2.54. The third kappa shape index (κ3) is 6.15. The summed E-state index contributed by atoms with van der Waals surface area (Å²) in [6, 6.07) is 4.08. The van der Waals surface area contributed by atoms with E-state index in [1.165, 1.54) is 18.2 Å². The zero-order chi connectivity index (χ0) is 17.0. The fourth-order valence-corrected chi connectivity index (χ4v) is 3.29. The summed E-state index contributed by atoms with van der Waals surface area (Å²) in [5.74, 6) is -0.636. The molecule has 1 atom stereocenters. The number of hydrogen-bond acceptors (Lipinski definition) is 8. The van der Waals surface area contributed by atoms with Gasteiger partial charge >= 0.3 is 10.4 Å². The molecule has 11 heteroatoms. The molecule has 126 valence electrons. The Morgan fingerprint density at radius 2 is 1.95 bits per heavy atom. The van der Waals surface area contributed by atoms with Crippen LogP contribution in [0.15, 0.2) is 23.1 Å².